The quantitative estimate of drug-likeness (QED) is 0.394. The van der Waals surface area contributed by atoms with Crippen molar-refractivity contribution in [3.63, 3.8) is 0 Å². The first-order valence-corrected chi connectivity index (χ1v) is 13.5. The van der Waals surface area contributed by atoms with E-state index in [1.165, 1.54) is 0 Å². The van der Waals surface area contributed by atoms with Crippen molar-refractivity contribution in [2.24, 2.45) is 0 Å². The molecule has 9 nitrogen and oxygen atoms in total. The zero-order valence-corrected chi connectivity index (χ0v) is 23.2. The molecule has 0 aliphatic carbocycles. The van der Waals surface area contributed by atoms with Gasteiger partial charge in [0.15, 0.2) is 0 Å². The van der Waals surface area contributed by atoms with Gasteiger partial charge in [-0.25, -0.2) is 9.78 Å². The molecule has 2 atom stereocenters. The van der Waals surface area contributed by atoms with Crippen molar-refractivity contribution in [3.05, 3.63) is 95.7 Å². The van der Waals surface area contributed by atoms with Crippen LogP contribution in [0.1, 0.15) is 56.2 Å². The Morgan fingerprint density at radius 2 is 1.62 bits per heavy atom. The molecule has 0 radical (unpaired) electrons. The Bertz CT molecular complexity index is 1250. The Kier molecular flexibility index (Phi) is 9.04. The number of pyridine rings is 1. The molecule has 3 amide bonds. The number of nitrogens with two attached hydrogens (primary N) is 1. The molecule has 0 saturated carbocycles. The Morgan fingerprint density at radius 3 is 2.17 bits per heavy atom. The van der Waals surface area contributed by atoms with Crippen LogP contribution < -0.4 is 16.4 Å². The molecule has 2 aromatic carbocycles. The van der Waals surface area contributed by atoms with Crippen LogP contribution in [0.15, 0.2) is 79.0 Å². The number of carbonyl (C=O) groups is 3. The molecule has 3 aromatic rings. The average Bonchev–Trinajstić information content (AvgIpc) is 3.42. The number of amides is 3. The number of rotatable bonds is 8. The summed E-state index contributed by atoms with van der Waals surface area (Å²) in [5, 5.41) is 5.79. The number of anilines is 1. The SMILES string of the molecule is CC(C)(C)OC(=O)NC(C(=O)N1CCCC1C(=O)NCc1ccc(N)nc1)C(c1ccccc1)c1ccccc1. The Morgan fingerprint density at radius 1 is 1.00 bits per heavy atom. The van der Waals surface area contributed by atoms with Crippen LogP contribution in [-0.2, 0) is 20.9 Å². The highest BCUT2D eigenvalue weighted by atomic mass is 16.6. The number of nitrogens with zero attached hydrogens (tertiary/aromatic N) is 2. The van der Waals surface area contributed by atoms with Crippen LogP contribution >= 0.6 is 0 Å². The lowest BCUT2D eigenvalue weighted by Crippen LogP contribution is -2.56. The molecule has 0 spiro atoms. The van der Waals surface area contributed by atoms with Gasteiger partial charge in [0.2, 0.25) is 11.8 Å². The van der Waals surface area contributed by atoms with Crippen LogP contribution in [0, 0.1) is 0 Å². The van der Waals surface area contributed by atoms with Gasteiger partial charge in [-0.1, -0.05) is 66.7 Å². The van der Waals surface area contributed by atoms with E-state index in [1.807, 2.05) is 60.7 Å². The summed E-state index contributed by atoms with van der Waals surface area (Å²) in [6.07, 6.45) is 2.11. The minimum atomic E-state index is -1.01. The first kappa shape index (κ1) is 28.6. The van der Waals surface area contributed by atoms with Crippen LogP contribution in [0.2, 0.25) is 0 Å². The van der Waals surface area contributed by atoms with Gasteiger partial charge in [0.25, 0.3) is 0 Å². The maximum Gasteiger partial charge on any atom is 0.408 e. The molecule has 1 fully saturated rings. The summed E-state index contributed by atoms with van der Waals surface area (Å²) in [5.41, 5.74) is 7.43. The first-order chi connectivity index (χ1) is 19.1. The summed E-state index contributed by atoms with van der Waals surface area (Å²) in [6.45, 7) is 5.98. The van der Waals surface area contributed by atoms with Crippen molar-refractivity contribution in [1.29, 1.82) is 0 Å². The first-order valence-electron chi connectivity index (χ1n) is 13.5. The second-order valence-corrected chi connectivity index (χ2v) is 10.9. The summed E-state index contributed by atoms with van der Waals surface area (Å²) < 4.78 is 5.56. The predicted molar refractivity (Wildman–Crippen MR) is 153 cm³/mol. The maximum atomic E-state index is 14.3. The molecule has 9 heteroatoms. The average molecular weight is 544 g/mol. The number of nitrogen functional groups attached to an aromatic ring is 1. The number of hydrogen-bond acceptors (Lipinski definition) is 6. The fraction of sp³-hybridized carbons (Fsp3) is 0.355. The monoisotopic (exact) mass is 543 g/mol. The van der Waals surface area contributed by atoms with E-state index < -0.39 is 29.7 Å². The fourth-order valence-electron chi connectivity index (χ4n) is 4.95. The minimum absolute atomic E-state index is 0.255. The molecule has 4 N–H and O–H groups in total. The molecule has 210 valence electrons. The third-order valence-corrected chi connectivity index (χ3v) is 6.74. The van der Waals surface area contributed by atoms with E-state index in [1.54, 1.807) is 44.0 Å². The third kappa shape index (κ3) is 7.37. The van der Waals surface area contributed by atoms with Gasteiger partial charge in [-0.2, -0.15) is 0 Å². The van der Waals surface area contributed by atoms with Gasteiger partial charge in [-0.05, 0) is 56.4 Å². The molecule has 1 saturated heterocycles. The van der Waals surface area contributed by atoms with Crippen LogP contribution in [0.4, 0.5) is 10.6 Å². The molecule has 2 heterocycles. The highest BCUT2D eigenvalue weighted by Gasteiger charge is 2.42. The van der Waals surface area contributed by atoms with Crippen molar-refractivity contribution < 1.29 is 19.1 Å². The van der Waals surface area contributed by atoms with E-state index in [4.69, 9.17) is 10.5 Å². The number of carbonyl (C=O) groups excluding carboxylic acids is 3. The normalized spacial score (nSPS) is 15.9. The third-order valence-electron chi connectivity index (χ3n) is 6.74. The van der Waals surface area contributed by atoms with Gasteiger partial charge in [0, 0.05) is 25.2 Å². The molecule has 1 aliphatic rings. The molecule has 2 unspecified atom stereocenters. The Labute approximate surface area is 235 Å². The zero-order chi connectivity index (χ0) is 28.7. The van der Waals surface area contributed by atoms with Crippen molar-refractivity contribution >= 4 is 23.7 Å². The number of benzene rings is 2. The molecule has 1 aromatic heterocycles. The predicted octanol–water partition coefficient (Wildman–Crippen LogP) is 4.00. The van der Waals surface area contributed by atoms with E-state index in [2.05, 4.69) is 15.6 Å². The van der Waals surface area contributed by atoms with Crippen molar-refractivity contribution in [2.75, 3.05) is 12.3 Å². The largest absolute Gasteiger partial charge is 0.444 e. The van der Waals surface area contributed by atoms with E-state index >= 15 is 0 Å². The van der Waals surface area contributed by atoms with Crippen molar-refractivity contribution in [3.8, 4) is 0 Å². The van der Waals surface area contributed by atoms with E-state index in [0.717, 1.165) is 16.7 Å². The van der Waals surface area contributed by atoms with Crippen LogP contribution in [0.25, 0.3) is 0 Å². The summed E-state index contributed by atoms with van der Waals surface area (Å²) in [7, 11) is 0. The number of ether oxygens (including phenoxy) is 1. The van der Waals surface area contributed by atoms with Crippen molar-refractivity contribution in [2.45, 2.75) is 63.8 Å². The summed E-state index contributed by atoms with van der Waals surface area (Å²) in [4.78, 5) is 46.3. The van der Waals surface area contributed by atoms with Gasteiger partial charge < -0.3 is 26.0 Å². The fourth-order valence-corrected chi connectivity index (χ4v) is 4.95. The topological polar surface area (TPSA) is 127 Å². The van der Waals surface area contributed by atoms with Gasteiger partial charge in [-0.15, -0.1) is 0 Å². The second-order valence-electron chi connectivity index (χ2n) is 10.9. The van der Waals surface area contributed by atoms with E-state index in [-0.39, 0.29) is 18.4 Å². The van der Waals surface area contributed by atoms with Crippen LogP contribution in [-0.4, -0.2) is 52.0 Å². The molecule has 4 rings (SSSR count). The van der Waals surface area contributed by atoms with Crippen LogP contribution in [0.3, 0.4) is 0 Å². The number of alkyl carbamates (subject to hydrolysis) is 1. The minimum Gasteiger partial charge on any atom is -0.444 e. The maximum absolute atomic E-state index is 14.3. The number of likely N-dealkylation sites (tertiary alicyclic amines) is 1. The number of hydrogen-bond donors (Lipinski definition) is 3. The van der Waals surface area contributed by atoms with Crippen LogP contribution in [0.5, 0.6) is 0 Å². The summed E-state index contributed by atoms with van der Waals surface area (Å²) in [5.74, 6) is -0.699. The van der Waals surface area contributed by atoms with Gasteiger partial charge in [0.05, 0.1) is 0 Å². The lowest BCUT2D eigenvalue weighted by atomic mass is 9.84. The lowest BCUT2D eigenvalue weighted by Gasteiger charge is -2.34. The number of nitrogens with one attached hydrogen (secondary N) is 2. The lowest BCUT2D eigenvalue weighted by molar-refractivity contribution is -0.140. The second kappa shape index (κ2) is 12.6. The molecular formula is C31H37N5O4. The molecule has 1 aliphatic heterocycles. The van der Waals surface area contributed by atoms with E-state index in [9.17, 15) is 14.4 Å². The highest BCUT2D eigenvalue weighted by Crippen LogP contribution is 2.31. The Balaban J connectivity index is 1.63. The number of aromatic nitrogens is 1. The molecule has 40 heavy (non-hydrogen) atoms. The standard InChI is InChI=1S/C31H37N5O4/c1-31(2,3)40-30(39)35-27(26(22-11-6-4-7-12-22)23-13-8-5-9-14-23)29(38)36-18-10-15-24(36)28(37)34-20-21-16-17-25(32)33-19-21/h4-9,11-14,16-17,19,24,26-27H,10,15,18,20H2,1-3H3,(H2,32,33)(H,34,37)(H,35,39). The molecule has 0 bridgehead atoms. The van der Waals surface area contributed by atoms with Gasteiger partial charge >= 0.3 is 6.09 Å². The molecular weight excluding hydrogens is 506 g/mol. The zero-order valence-electron chi connectivity index (χ0n) is 23.2. The smallest absolute Gasteiger partial charge is 0.408 e. The summed E-state index contributed by atoms with van der Waals surface area (Å²) >= 11 is 0. The van der Waals surface area contributed by atoms with Gasteiger partial charge in [-0.3, -0.25) is 9.59 Å². The van der Waals surface area contributed by atoms with E-state index in [0.29, 0.717) is 25.2 Å². The highest BCUT2D eigenvalue weighted by molar-refractivity contribution is 5.93. The van der Waals surface area contributed by atoms with Gasteiger partial charge in [0.1, 0.15) is 23.5 Å². The van der Waals surface area contributed by atoms with Crippen molar-refractivity contribution in [1.82, 2.24) is 20.5 Å². The summed E-state index contributed by atoms with van der Waals surface area (Å²) in [6, 6.07) is 21.0. The Hall–Kier alpha value is -4.40.